The van der Waals surface area contributed by atoms with E-state index in [0.717, 1.165) is 12.3 Å². The van der Waals surface area contributed by atoms with Crippen molar-refractivity contribution in [2.24, 2.45) is 0 Å². The number of pyridine rings is 1. The van der Waals surface area contributed by atoms with Crippen LogP contribution in [0.1, 0.15) is 20.3 Å². The quantitative estimate of drug-likeness (QED) is 0.813. The van der Waals surface area contributed by atoms with Crippen molar-refractivity contribution in [1.29, 1.82) is 0 Å². The van der Waals surface area contributed by atoms with Gasteiger partial charge in [0, 0.05) is 25.4 Å². The first-order valence-electron chi connectivity index (χ1n) is 5.81. The van der Waals surface area contributed by atoms with E-state index < -0.39 is 15.6 Å². The van der Waals surface area contributed by atoms with Gasteiger partial charge in [0.05, 0.1) is 4.90 Å². The van der Waals surface area contributed by atoms with E-state index in [9.17, 15) is 13.2 Å². The number of aliphatic hydroxyl groups excluding tert-OH is 1. The Bertz CT molecular complexity index is 583. The second-order valence-electron chi connectivity index (χ2n) is 4.30. The summed E-state index contributed by atoms with van der Waals surface area (Å²) in [6.45, 7) is 3.59. The van der Waals surface area contributed by atoms with Crippen molar-refractivity contribution in [3.8, 4) is 0 Å². The van der Waals surface area contributed by atoms with Crippen molar-refractivity contribution in [3.63, 3.8) is 0 Å². The highest BCUT2D eigenvalue weighted by Gasteiger charge is 2.27. The van der Waals surface area contributed by atoms with E-state index in [1.807, 2.05) is 0 Å². The van der Waals surface area contributed by atoms with Crippen LogP contribution in [0.5, 0.6) is 0 Å². The lowest BCUT2D eigenvalue weighted by molar-refractivity contribution is 0.258. The van der Waals surface area contributed by atoms with Crippen LogP contribution in [0.15, 0.2) is 22.0 Å². The predicted molar refractivity (Wildman–Crippen MR) is 72.8 cm³/mol. The molecule has 0 amide bonds. The maximum absolute atomic E-state index is 12.4. The molecule has 0 unspecified atom stereocenters. The van der Waals surface area contributed by atoms with Crippen LogP contribution in [-0.4, -0.2) is 42.0 Å². The molecule has 0 aliphatic heterocycles. The van der Waals surface area contributed by atoms with E-state index in [4.69, 9.17) is 16.7 Å². The van der Waals surface area contributed by atoms with Gasteiger partial charge < -0.3 is 10.1 Å². The summed E-state index contributed by atoms with van der Waals surface area (Å²) in [6.07, 6.45) is 1.46. The Morgan fingerprint density at radius 1 is 1.47 bits per heavy atom. The number of aliphatic hydroxyl groups is 1. The van der Waals surface area contributed by atoms with Gasteiger partial charge in [0.1, 0.15) is 5.02 Å². The molecular weight excluding hydrogens is 292 g/mol. The number of aromatic nitrogens is 1. The van der Waals surface area contributed by atoms with Crippen molar-refractivity contribution in [3.05, 3.63) is 27.6 Å². The van der Waals surface area contributed by atoms with Crippen LogP contribution in [0.3, 0.4) is 0 Å². The number of hydrogen-bond acceptors (Lipinski definition) is 4. The molecule has 0 saturated heterocycles. The van der Waals surface area contributed by atoms with Gasteiger partial charge in [-0.05, 0) is 26.3 Å². The van der Waals surface area contributed by atoms with Gasteiger partial charge in [-0.1, -0.05) is 11.6 Å². The summed E-state index contributed by atoms with van der Waals surface area (Å²) in [4.78, 5) is 13.4. The number of aromatic amines is 1. The van der Waals surface area contributed by atoms with Crippen molar-refractivity contribution >= 4 is 21.6 Å². The summed E-state index contributed by atoms with van der Waals surface area (Å²) in [5, 5.41) is 8.65. The lowest BCUT2D eigenvalue weighted by Crippen LogP contribution is -2.38. The highest BCUT2D eigenvalue weighted by Crippen LogP contribution is 2.19. The molecule has 1 aromatic heterocycles. The van der Waals surface area contributed by atoms with E-state index in [2.05, 4.69) is 4.98 Å². The van der Waals surface area contributed by atoms with Gasteiger partial charge in [-0.15, -0.1) is 0 Å². The van der Waals surface area contributed by atoms with Gasteiger partial charge in [0.2, 0.25) is 10.0 Å². The summed E-state index contributed by atoms with van der Waals surface area (Å²) >= 11 is 5.64. The maximum atomic E-state index is 12.4. The minimum absolute atomic E-state index is 0.0660. The van der Waals surface area contributed by atoms with Gasteiger partial charge in [0.15, 0.2) is 0 Å². The second-order valence-corrected chi connectivity index (χ2v) is 6.60. The molecule has 2 N–H and O–H groups in total. The monoisotopic (exact) mass is 308 g/mol. The van der Waals surface area contributed by atoms with E-state index in [0.29, 0.717) is 6.42 Å². The van der Waals surface area contributed by atoms with Gasteiger partial charge in [0.25, 0.3) is 5.56 Å². The van der Waals surface area contributed by atoms with Crippen LogP contribution in [0.2, 0.25) is 5.02 Å². The van der Waals surface area contributed by atoms with Crippen LogP contribution < -0.4 is 5.56 Å². The van der Waals surface area contributed by atoms with Crippen LogP contribution >= 0.6 is 11.6 Å². The minimum Gasteiger partial charge on any atom is -0.396 e. The van der Waals surface area contributed by atoms with Crippen LogP contribution in [0.4, 0.5) is 0 Å². The average Bonchev–Trinajstić information content (AvgIpc) is 2.32. The molecule has 6 nitrogen and oxygen atoms in total. The molecule has 0 aliphatic carbocycles. The molecule has 19 heavy (non-hydrogen) atoms. The fourth-order valence-corrected chi connectivity index (χ4v) is 3.51. The molecule has 0 saturated carbocycles. The molecule has 0 spiro atoms. The van der Waals surface area contributed by atoms with Crippen molar-refractivity contribution in [2.75, 3.05) is 13.2 Å². The summed E-state index contributed by atoms with van der Waals surface area (Å²) in [6, 6.07) is 0.867. The third-order valence-corrected chi connectivity index (χ3v) is 4.88. The Hall–Kier alpha value is -0.890. The first kappa shape index (κ1) is 16.2. The zero-order chi connectivity index (χ0) is 14.6. The summed E-state index contributed by atoms with van der Waals surface area (Å²) in [5.74, 6) is 0. The Kier molecular flexibility index (Phi) is 5.54. The summed E-state index contributed by atoms with van der Waals surface area (Å²) < 4.78 is 26.1. The van der Waals surface area contributed by atoms with E-state index in [1.165, 1.54) is 4.31 Å². The molecule has 0 aromatic carbocycles. The zero-order valence-corrected chi connectivity index (χ0v) is 12.3. The smallest absolute Gasteiger partial charge is 0.266 e. The van der Waals surface area contributed by atoms with Gasteiger partial charge in [-0.3, -0.25) is 4.79 Å². The molecule has 0 radical (unpaired) electrons. The Morgan fingerprint density at radius 3 is 2.58 bits per heavy atom. The molecule has 1 aromatic rings. The number of nitrogens with one attached hydrogen (secondary N) is 1. The number of rotatable bonds is 6. The van der Waals surface area contributed by atoms with Crippen molar-refractivity contribution in [2.45, 2.75) is 31.2 Å². The molecule has 0 aliphatic rings. The average molecular weight is 309 g/mol. The van der Waals surface area contributed by atoms with Gasteiger partial charge in [-0.2, -0.15) is 4.31 Å². The lowest BCUT2D eigenvalue weighted by atomic mass is 10.3. The predicted octanol–water partition coefficient (Wildman–Crippen LogP) is 0.810. The third-order valence-electron chi connectivity index (χ3n) is 2.55. The highest BCUT2D eigenvalue weighted by atomic mass is 35.5. The van der Waals surface area contributed by atoms with Gasteiger partial charge >= 0.3 is 0 Å². The number of hydrogen-bond donors (Lipinski definition) is 2. The van der Waals surface area contributed by atoms with Crippen LogP contribution in [-0.2, 0) is 10.0 Å². The SMILES string of the molecule is CC(C)N(CCCO)S(=O)(=O)c1c[nH]c(=O)c(Cl)c1. The molecule has 1 heterocycles. The molecule has 0 fully saturated rings. The fourth-order valence-electron chi connectivity index (χ4n) is 1.60. The van der Waals surface area contributed by atoms with Crippen LogP contribution in [0, 0.1) is 0 Å². The first-order valence-corrected chi connectivity index (χ1v) is 7.63. The first-order chi connectivity index (χ1) is 8.80. The number of halogens is 1. The number of nitrogens with zero attached hydrogens (tertiary/aromatic N) is 1. The molecule has 0 bridgehead atoms. The standard InChI is InChI=1S/C11H17ClN2O4S/c1-8(2)14(4-3-5-15)19(17,18)9-6-10(12)11(16)13-7-9/h6-8,15H,3-5H2,1-2H3,(H,13,16). The van der Waals surface area contributed by atoms with Crippen LogP contribution in [0.25, 0.3) is 0 Å². The molecule has 108 valence electrons. The second kappa shape index (κ2) is 6.51. The Labute approximate surface area is 117 Å². The normalized spacial score (nSPS) is 12.3. The van der Waals surface area contributed by atoms with Gasteiger partial charge in [-0.25, -0.2) is 8.42 Å². The molecule has 1 rings (SSSR count). The number of H-pyrrole nitrogens is 1. The van der Waals surface area contributed by atoms with E-state index in [1.54, 1.807) is 13.8 Å². The Balaban J connectivity index is 3.18. The molecule has 0 atom stereocenters. The summed E-state index contributed by atoms with van der Waals surface area (Å²) in [7, 11) is -3.74. The largest absolute Gasteiger partial charge is 0.396 e. The third kappa shape index (κ3) is 3.79. The lowest BCUT2D eigenvalue weighted by Gasteiger charge is -2.25. The zero-order valence-electron chi connectivity index (χ0n) is 10.8. The summed E-state index contributed by atoms with van der Waals surface area (Å²) in [5.41, 5.74) is -0.535. The molecular formula is C11H17ClN2O4S. The molecule has 8 heteroatoms. The van der Waals surface area contributed by atoms with E-state index in [-0.39, 0.29) is 29.1 Å². The minimum atomic E-state index is -3.74. The van der Waals surface area contributed by atoms with E-state index >= 15 is 0 Å². The fraction of sp³-hybridized carbons (Fsp3) is 0.545. The van der Waals surface area contributed by atoms with Crippen molar-refractivity contribution < 1.29 is 13.5 Å². The van der Waals surface area contributed by atoms with Crippen molar-refractivity contribution in [1.82, 2.24) is 9.29 Å². The highest BCUT2D eigenvalue weighted by molar-refractivity contribution is 7.89. The topological polar surface area (TPSA) is 90.5 Å². The Morgan fingerprint density at radius 2 is 2.11 bits per heavy atom. The maximum Gasteiger partial charge on any atom is 0.266 e. The number of sulfonamides is 1.